The van der Waals surface area contributed by atoms with E-state index < -0.39 is 0 Å². The predicted molar refractivity (Wildman–Crippen MR) is 65.6 cm³/mol. The van der Waals surface area contributed by atoms with E-state index in [9.17, 15) is 4.79 Å². The van der Waals surface area contributed by atoms with Crippen molar-refractivity contribution in [3.05, 3.63) is 0 Å². The van der Waals surface area contributed by atoms with Gasteiger partial charge in [-0.3, -0.25) is 9.69 Å². The highest BCUT2D eigenvalue weighted by molar-refractivity contribution is 5.81. The number of morpholine rings is 1. The zero-order valence-corrected chi connectivity index (χ0v) is 10.6. The fourth-order valence-corrected chi connectivity index (χ4v) is 2.66. The minimum Gasteiger partial charge on any atom is -0.379 e. The maximum Gasteiger partial charge on any atom is 0.239 e. The molecule has 0 spiro atoms. The van der Waals surface area contributed by atoms with Gasteiger partial charge in [0.2, 0.25) is 5.91 Å². The maximum atomic E-state index is 12.0. The summed E-state index contributed by atoms with van der Waals surface area (Å²) in [7, 11) is 0. The largest absolute Gasteiger partial charge is 0.379 e. The molecule has 2 atom stereocenters. The van der Waals surface area contributed by atoms with Crippen LogP contribution in [-0.4, -0.2) is 67.2 Å². The summed E-state index contributed by atoms with van der Waals surface area (Å²) in [6.07, 6.45) is 2.21. The van der Waals surface area contributed by atoms with Gasteiger partial charge < -0.3 is 15.4 Å². The van der Waals surface area contributed by atoms with Crippen molar-refractivity contribution < 1.29 is 9.53 Å². The maximum absolute atomic E-state index is 12.0. The zero-order valence-electron chi connectivity index (χ0n) is 10.6. The first-order valence-corrected chi connectivity index (χ1v) is 6.54. The van der Waals surface area contributed by atoms with E-state index in [-0.39, 0.29) is 11.9 Å². The molecule has 5 nitrogen and oxygen atoms in total. The molecule has 0 bridgehead atoms. The van der Waals surface area contributed by atoms with Crippen LogP contribution in [-0.2, 0) is 9.53 Å². The molecule has 2 aliphatic rings. The van der Waals surface area contributed by atoms with Crippen LogP contribution in [0.15, 0.2) is 0 Å². The highest BCUT2D eigenvalue weighted by Gasteiger charge is 2.31. The second-order valence-electron chi connectivity index (χ2n) is 5.03. The van der Waals surface area contributed by atoms with Crippen molar-refractivity contribution in [2.45, 2.75) is 31.8 Å². The monoisotopic (exact) mass is 241 g/mol. The second kappa shape index (κ2) is 5.80. The van der Waals surface area contributed by atoms with Gasteiger partial charge in [0.15, 0.2) is 0 Å². The number of ether oxygens (including phenoxy) is 1. The molecule has 1 amide bonds. The van der Waals surface area contributed by atoms with E-state index in [4.69, 9.17) is 10.5 Å². The van der Waals surface area contributed by atoms with Crippen molar-refractivity contribution in [1.82, 2.24) is 9.80 Å². The number of rotatable bonds is 3. The Kier molecular flexibility index (Phi) is 4.36. The van der Waals surface area contributed by atoms with Gasteiger partial charge >= 0.3 is 0 Å². The third-order valence-electron chi connectivity index (χ3n) is 3.62. The van der Waals surface area contributed by atoms with Crippen LogP contribution in [0.3, 0.4) is 0 Å². The third kappa shape index (κ3) is 3.18. The Morgan fingerprint density at radius 2 is 2.12 bits per heavy atom. The van der Waals surface area contributed by atoms with Gasteiger partial charge in [0, 0.05) is 32.2 Å². The quantitative estimate of drug-likeness (QED) is 0.734. The van der Waals surface area contributed by atoms with E-state index in [1.807, 2.05) is 4.90 Å². The molecule has 2 N–H and O–H groups in total. The van der Waals surface area contributed by atoms with Gasteiger partial charge in [0.25, 0.3) is 0 Å². The van der Waals surface area contributed by atoms with Gasteiger partial charge in [-0.1, -0.05) is 0 Å². The van der Waals surface area contributed by atoms with E-state index in [0.717, 1.165) is 52.2 Å². The van der Waals surface area contributed by atoms with Gasteiger partial charge in [-0.05, 0) is 19.8 Å². The number of hydrogen-bond donors (Lipinski definition) is 1. The van der Waals surface area contributed by atoms with E-state index in [0.29, 0.717) is 6.04 Å². The molecule has 0 aromatic carbocycles. The van der Waals surface area contributed by atoms with Gasteiger partial charge in [0.1, 0.15) is 0 Å². The summed E-state index contributed by atoms with van der Waals surface area (Å²) in [6.45, 7) is 7.21. The minimum atomic E-state index is -0.375. The van der Waals surface area contributed by atoms with E-state index in [1.165, 1.54) is 0 Å². The molecule has 17 heavy (non-hydrogen) atoms. The molecule has 98 valence electrons. The Hall–Kier alpha value is -0.650. The summed E-state index contributed by atoms with van der Waals surface area (Å²) in [6, 6.07) is -0.0214. The zero-order chi connectivity index (χ0) is 12.3. The lowest BCUT2D eigenvalue weighted by Crippen LogP contribution is -2.50. The fourth-order valence-electron chi connectivity index (χ4n) is 2.66. The van der Waals surface area contributed by atoms with Crippen LogP contribution >= 0.6 is 0 Å². The average molecular weight is 241 g/mol. The van der Waals surface area contributed by atoms with Crippen molar-refractivity contribution in [2.75, 3.05) is 39.4 Å². The topological polar surface area (TPSA) is 58.8 Å². The lowest BCUT2D eigenvalue weighted by Gasteiger charge is -2.33. The van der Waals surface area contributed by atoms with E-state index >= 15 is 0 Å². The standard InChI is InChI=1S/C12H23N3O2/c1-10(13)12(16)15-4-2-3-11(15)9-14-5-7-17-8-6-14/h10-11H,2-9,13H2,1H3/t10-,11?/m1/s1. The molecule has 0 aliphatic carbocycles. The number of hydrogen-bond acceptors (Lipinski definition) is 4. The van der Waals surface area contributed by atoms with Gasteiger partial charge in [-0.25, -0.2) is 0 Å². The van der Waals surface area contributed by atoms with Crippen molar-refractivity contribution >= 4 is 5.91 Å². The van der Waals surface area contributed by atoms with Crippen LogP contribution in [0.25, 0.3) is 0 Å². The highest BCUT2D eigenvalue weighted by Crippen LogP contribution is 2.19. The smallest absolute Gasteiger partial charge is 0.239 e. The SMILES string of the molecule is C[C@@H](N)C(=O)N1CCCC1CN1CCOCC1. The van der Waals surface area contributed by atoms with Crippen molar-refractivity contribution in [3.8, 4) is 0 Å². The predicted octanol–water partition coefficient (Wildman–Crippen LogP) is -0.343. The summed E-state index contributed by atoms with van der Waals surface area (Å²) in [5, 5.41) is 0. The number of carbonyl (C=O) groups is 1. The van der Waals surface area contributed by atoms with Crippen LogP contribution in [0, 0.1) is 0 Å². The molecule has 2 saturated heterocycles. The lowest BCUT2D eigenvalue weighted by atomic mass is 10.2. The van der Waals surface area contributed by atoms with Gasteiger partial charge in [0.05, 0.1) is 19.3 Å². The Morgan fingerprint density at radius 3 is 2.76 bits per heavy atom. The summed E-state index contributed by atoms with van der Waals surface area (Å²) < 4.78 is 5.33. The first-order valence-electron chi connectivity index (χ1n) is 6.54. The molecular formula is C12H23N3O2. The van der Waals surface area contributed by atoms with Gasteiger partial charge in [-0.2, -0.15) is 0 Å². The molecule has 0 aromatic rings. The number of carbonyl (C=O) groups excluding carboxylic acids is 1. The highest BCUT2D eigenvalue weighted by atomic mass is 16.5. The van der Waals surface area contributed by atoms with Crippen LogP contribution in [0.2, 0.25) is 0 Å². The summed E-state index contributed by atoms with van der Waals surface area (Å²) >= 11 is 0. The molecule has 1 unspecified atom stereocenters. The summed E-state index contributed by atoms with van der Waals surface area (Å²) in [5.74, 6) is 0.0979. The second-order valence-corrected chi connectivity index (χ2v) is 5.03. The average Bonchev–Trinajstić information content (AvgIpc) is 2.77. The Morgan fingerprint density at radius 1 is 1.41 bits per heavy atom. The fraction of sp³-hybridized carbons (Fsp3) is 0.917. The van der Waals surface area contributed by atoms with Crippen molar-refractivity contribution in [1.29, 1.82) is 0 Å². The van der Waals surface area contributed by atoms with Gasteiger partial charge in [-0.15, -0.1) is 0 Å². The Balaban J connectivity index is 1.88. The molecule has 5 heteroatoms. The van der Waals surface area contributed by atoms with E-state index in [2.05, 4.69) is 4.90 Å². The molecule has 2 rings (SSSR count). The Bertz CT molecular complexity index is 264. The van der Waals surface area contributed by atoms with E-state index in [1.54, 1.807) is 6.92 Å². The molecule has 2 aliphatic heterocycles. The van der Waals surface area contributed by atoms with Crippen LogP contribution in [0.4, 0.5) is 0 Å². The first kappa shape index (κ1) is 12.8. The number of likely N-dealkylation sites (tertiary alicyclic amines) is 1. The number of amides is 1. The van der Waals surface area contributed by atoms with Crippen molar-refractivity contribution in [2.24, 2.45) is 5.73 Å². The third-order valence-corrected chi connectivity index (χ3v) is 3.62. The summed E-state index contributed by atoms with van der Waals surface area (Å²) in [5.41, 5.74) is 5.69. The summed E-state index contributed by atoms with van der Waals surface area (Å²) in [4.78, 5) is 16.3. The Labute approximate surface area is 103 Å². The van der Waals surface area contributed by atoms with Crippen LogP contribution in [0.1, 0.15) is 19.8 Å². The van der Waals surface area contributed by atoms with Crippen LogP contribution in [0.5, 0.6) is 0 Å². The molecule has 0 radical (unpaired) electrons. The van der Waals surface area contributed by atoms with Crippen molar-refractivity contribution in [3.63, 3.8) is 0 Å². The molecule has 0 saturated carbocycles. The molecule has 2 fully saturated rings. The van der Waals surface area contributed by atoms with Crippen LogP contribution < -0.4 is 5.73 Å². The molecule has 2 heterocycles. The number of nitrogens with two attached hydrogens (primary N) is 1. The lowest BCUT2D eigenvalue weighted by molar-refractivity contribution is -0.133. The first-order chi connectivity index (χ1) is 8.18. The number of nitrogens with zero attached hydrogens (tertiary/aromatic N) is 2. The minimum absolute atomic E-state index is 0.0979. The normalized spacial score (nSPS) is 28.4. The molecule has 0 aromatic heterocycles. The molecular weight excluding hydrogens is 218 g/mol.